The Morgan fingerprint density at radius 3 is 1.67 bits per heavy atom. The third kappa shape index (κ3) is 16.5. The number of hydrogen-bond donors (Lipinski definition) is 14. The summed E-state index contributed by atoms with van der Waals surface area (Å²) in [5.41, 5.74) is 0. The zero-order valence-electron chi connectivity index (χ0n) is 38.5. The van der Waals surface area contributed by atoms with Gasteiger partial charge >= 0.3 is 0 Å². The monoisotopic (exact) mass is 1000 g/mol. The van der Waals surface area contributed by atoms with Gasteiger partial charge in [-0.15, -0.1) is 0 Å². The number of unbranched alkanes of at least 4 members (excludes halogenated alkanes) is 1. The summed E-state index contributed by atoms with van der Waals surface area (Å²) >= 11 is 0. The number of carbonyl (C=O) groups excluding carboxylic acids is 4. The van der Waals surface area contributed by atoms with Crippen LogP contribution in [-0.4, -0.2) is 270 Å². The molecule has 0 aromatic rings. The third-order valence-corrected chi connectivity index (χ3v) is 12.1. The van der Waals surface area contributed by atoms with E-state index in [1.165, 1.54) is 6.92 Å². The standard InChI is InChI=1S/C42H72N2O25/c1-3-7-20(47)8-4-5-10-26(50)44(14-21(48)9-6-12-62-39-34(58)31(55)27(51)19(2)65-39)15-25(49)43-11-13-63-41-37(61)38(69-42-36(60)33(57)29(53)23(17-46)67-42)30(54)24(68-41)18-64-40-35(59)32(56)28(52)22(16-45)66-40/h19,22-24,27-42,45-46,51-61H,3-18H2,1-2H3,(H,43,49)/t19-,22+,23+,24+,27+,28+,29+,30+,31+,32-,33-,34-,35-,36-,37-,38-,39+,40-,41-,42?/m0/s1. The zero-order valence-corrected chi connectivity index (χ0v) is 38.5. The second-order valence-corrected chi connectivity index (χ2v) is 17.5. The van der Waals surface area contributed by atoms with E-state index in [1.54, 1.807) is 0 Å². The van der Waals surface area contributed by atoms with E-state index in [2.05, 4.69) is 5.32 Å². The normalized spacial score (nSPS) is 38.4. The number of rotatable bonds is 27. The number of carbonyl (C=O) groups is 4. The largest absolute Gasteiger partial charge is 0.394 e. The predicted molar refractivity (Wildman–Crippen MR) is 226 cm³/mol. The highest BCUT2D eigenvalue weighted by molar-refractivity contribution is 5.89. The van der Waals surface area contributed by atoms with Crippen LogP contribution >= 0.6 is 0 Å². The van der Waals surface area contributed by atoms with Crippen molar-refractivity contribution in [3.63, 3.8) is 0 Å². The van der Waals surface area contributed by atoms with Crippen LogP contribution in [0.2, 0.25) is 0 Å². The maximum Gasteiger partial charge on any atom is 0.239 e. The van der Waals surface area contributed by atoms with Gasteiger partial charge in [0.15, 0.2) is 30.9 Å². The van der Waals surface area contributed by atoms with Gasteiger partial charge in [-0.25, -0.2) is 0 Å². The molecule has 69 heavy (non-hydrogen) atoms. The van der Waals surface area contributed by atoms with Gasteiger partial charge in [-0.05, 0) is 32.6 Å². The van der Waals surface area contributed by atoms with Crippen molar-refractivity contribution in [1.82, 2.24) is 10.2 Å². The molecular weight excluding hydrogens is 932 g/mol. The first kappa shape index (κ1) is 59.0. The summed E-state index contributed by atoms with van der Waals surface area (Å²) in [6, 6.07) is 0. The minimum atomic E-state index is -1.97. The van der Waals surface area contributed by atoms with Gasteiger partial charge in [0.05, 0.1) is 52.2 Å². The first-order chi connectivity index (χ1) is 32.7. The van der Waals surface area contributed by atoms with Crippen LogP contribution in [0.25, 0.3) is 0 Å². The van der Waals surface area contributed by atoms with E-state index >= 15 is 0 Å². The first-order valence-corrected chi connectivity index (χ1v) is 23.1. The maximum atomic E-state index is 13.3. The summed E-state index contributed by atoms with van der Waals surface area (Å²) in [6.45, 7) is -0.869. The molecule has 0 aromatic heterocycles. The fourth-order valence-corrected chi connectivity index (χ4v) is 7.97. The van der Waals surface area contributed by atoms with Gasteiger partial charge in [0, 0.05) is 32.2 Å². The van der Waals surface area contributed by atoms with Crippen LogP contribution in [0, 0.1) is 0 Å². The van der Waals surface area contributed by atoms with Crippen LogP contribution in [0.3, 0.4) is 0 Å². The minimum absolute atomic E-state index is 0.0446. The summed E-state index contributed by atoms with van der Waals surface area (Å²) in [4.78, 5) is 52.6. The number of Topliss-reactive ketones (excluding diaryl/α,β-unsaturated/α-hetero) is 2. The molecule has 27 nitrogen and oxygen atoms in total. The second kappa shape index (κ2) is 28.6. The molecule has 4 fully saturated rings. The number of aliphatic hydroxyl groups excluding tert-OH is 13. The molecule has 27 heteroatoms. The van der Waals surface area contributed by atoms with E-state index in [0.717, 1.165) is 4.90 Å². The molecule has 4 aliphatic rings. The molecular formula is C42H72N2O25. The molecule has 0 bridgehead atoms. The van der Waals surface area contributed by atoms with Crippen LogP contribution in [-0.2, 0) is 57.1 Å². The minimum Gasteiger partial charge on any atom is -0.394 e. The van der Waals surface area contributed by atoms with Crippen LogP contribution < -0.4 is 5.32 Å². The summed E-state index contributed by atoms with van der Waals surface area (Å²) in [7, 11) is 0. The van der Waals surface area contributed by atoms with Crippen molar-refractivity contribution in [3.05, 3.63) is 0 Å². The Balaban J connectivity index is 1.37. The Hall–Kier alpha value is -2.56. The molecule has 14 N–H and O–H groups in total. The van der Waals surface area contributed by atoms with Crippen LogP contribution in [0.1, 0.15) is 65.2 Å². The number of ketones is 2. The second-order valence-electron chi connectivity index (χ2n) is 17.5. The van der Waals surface area contributed by atoms with Gasteiger partial charge in [-0.2, -0.15) is 0 Å². The highest BCUT2D eigenvalue weighted by Crippen LogP contribution is 2.31. The van der Waals surface area contributed by atoms with Gasteiger partial charge in [-0.3, -0.25) is 19.2 Å². The van der Waals surface area contributed by atoms with Crippen molar-refractivity contribution in [1.29, 1.82) is 0 Å². The first-order valence-electron chi connectivity index (χ1n) is 23.1. The van der Waals surface area contributed by atoms with E-state index in [1.807, 2.05) is 6.92 Å². The smallest absolute Gasteiger partial charge is 0.239 e. The Bertz CT molecular complexity index is 1580. The van der Waals surface area contributed by atoms with Crippen molar-refractivity contribution in [2.75, 3.05) is 52.7 Å². The number of amides is 2. The third-order valence-electron chi connectivity index (χ3n) is 12.1. The number of nitrogens with one attached hydrogen (secondary N) is 1. The van der Waals surface area contributed by atoms with E-state index in [9.17, 15) is 85.6 Å². The highest BCUT2D eigenvalue weighted by Gasteiger charge is 2.52. The van der Waals surface area contributed by atoms with Crippen LogP contribution in [0.4, 0.5) is 0 Å². The summed E-state index contributed by atoms with van der Waals surface area (Å²) in [6.07, 6.45) is -30.9. The predicted octanol–water partition coefficient (Wildman–Crippen LogP) is -7.48. The fraction of sp³-hybridized carbons (Fsp3) is 0.905. The molecule has 0 saturated carbocycles. The lowest BCUT2D eigenvalue weighted by Gasteiger charge is -2.46. The van der Waals surface area contributed by atoms with Crippen molar-refractivity contribution in [2.45, 2.75) is 188 Å². The Morgan fingerprint density at radius 2 is 1.04 bits per heavy atom. The van der Waals surface area contributed by atoms with Crippen LogP contribution in [0.5, 0.6) is 0 Å². The lowest BCUT2D eigenvalue weighted by Crippen LogP contribution is -2.65. The molecule has 0 aromatic carbocycles. The van der Waals surface area contributed by atoms with E-state index in [4.69, 9.17) is 37.9 Å². The van der Waals surface area contributed by atoms with E-state index in [0.29, 0.717) is 25.7 Å². The topological polar surface area (TPSA) is 420 Å². The Kier molecular flexibility index (Phi) is 24.5. The molecule has 0 radical (unpaired) electrons. The lowest BCUT2D eigenvalue weighted by atomic mass is 9.96. The zero-order chi connectivity index (χ0) is 51.1. The lowest BCUT2D eigenvalue weighted by molar-refractivity contribution is -0.366. The van der Waals surface area contributed by atoms with Gasteiger partial charge in [0.2, 0.25) is 11.8 Å². The Morgan fingerprint density at radius 1 is 0.522 bits per heavy atom. The fourth-order valence-electron chi connectivity index (χ4n) is 7.97. The number of ether oxygens (including phenoxy) is 8. The average Bonchev–Trinajstić information content (AvgIpc) is 3.32. The molecule has 400 valence electrons. The molecule has 4 rings (SSSR count). The molecule has 2 amide bonds. The van der Waals surface area contributed by atoms with Gasteiger partial charge < -0.3 is 114 Å². The molecule has 4 heterocycles. The van der Waals surface area contributed by atoms with Crippen molar-refractivity contribution < 1.29 is 123 Å². The molecule has 0 aliphatic carbocycles. The quantitative estimate of drug-likeness (QED) is 0.0340. The SMILES string of the molecule is CCCC(=O)CCCCC(=O)N(CC(=O)CCCO[C@@H]1O[C@@H](C)[C@@H](O)[C@@H](O)[C@@H]1O)CC(=O)NCCO[C@H]1O[C@H](CO[C@H]2O[C@H](CO)[C@@H](O)[C@H](O)[C@@H]2O)[C@@H](O)[C@H](OC2O[C@H](CO)[C@@H](O)[C@H](O)[C@@H]2O)[C@@H]1O. The maximum absolute atomic E-state index is 13.3. The molecule has 4 aliphatic heterocycles. The van der Waals surface area contributed by atoms with E-state index < -0.39 is 180 Å². The number of nitrogens with zero attached hydrogens (tertiary/aromatic N) is 1. The summed E-state index contributed by atoms with van der Waals surface area (Å²) < 4.78 is 44.2. The van der Waals surface area contributed by atoms with Crippen molar-refractivity contribution in [2.24, 2.45) is 0 Å². The highest BCUT2D eigenvalue weighted by atomic mass is 16.8. The van der Waals surface area contributed by atoms with Gasteiger partial charge in [0.25, 0.3) is 0 Å². The van der Waals surface area contributed by atoms with Crippen molar-refractivity contribution >= 4 is 23.4 Å². The molecule has 20 atom stereocenters. The van der Waals surface area contributed by atoms with E-state index in [-0.39, 0.29) is 44.6 Å². The summed E-state index contributed by atoms with van der Waals surface area (Å²) in [5.74, 6) is -1.70. The summed E-state index contributed by atoms with van der Waals surface area (Å²) in [5, 5.41) is 136. The molecule has 1 unspecified atom stereocenters. The molecule has 4 saturated heterocycles. The van der Waals surface area contributed by atoms with Gasteiger partial charge in [0.1, 0.15) is 97.3 Å². The average molecular weight is 1010 g/mol. The van der Waals surface area contributed by atoms with Crippen molar-refractivity contribution in [3.8, 4) is 0 Å². The molecule has 0 spiro atoms. The Labute approximate surface area is 397 Å². The van der Waals surface area contributed by atoms with Gasteiger partial charge in [-0.1, -0.05) is 6.92 Å². The number of hydrogen-bond acceptors (Lipinski definition) is 25. The van der Waals surface area contributed by atoms with Crippen LogP contribution in [0.15, 0.2) is 0 Å². The number of aliphatic hydroxyl groups is 13.